The highest BCUT2D eigenvalue weighted by molar-refractivity contribution is 6.30. The van der Waals surface area contributed by atoms with E-state index < -0.39 is 6.10 Å². The summed E-state index contributed by atoms with van der Waals surface area (Å²) < 4.78 is 0. The van der Waals surface area contributed by atoms with Gasteiger partial charge in [0, 0.05) is 16.9 Å². The van der Waals surface area contributed by atoms with Gasteiger partial charge < -0.3 is 10.2 Å². The normalized spacial score (nSPS) is 41.9. The first-order chi connectivity index (χ1) is 14.2. The Hall–Kier alpha value is -1.16. The summed E-state index contributed by atoms with van der Waals surface area (Å²) in [6.45, 7) is 4.40. The summed E-state index contributed by atoms with van der Waals surface area (Å²) in [6.07, 6.45) is 10.3. The highest BCUT2D eigenvalue weighted by atomic mass is 35.5. The standard InChI is InChI=1S/C26H35ClO3/c1-25(22-13-15-26(2)21(24(22)30)10-11-23(26)29)14-12-20(28)16-18(25)5-3-4-17-6-8-19(27)9-7-17/h3-4,6-9,18,20-22,24,28,30H,5,10-16H2,1-2H3/b4-3-/t18?,20?,21?,22?,24-,25?,26?/m0/s1. The van der Waals surface area contributed by atoms with Crippen molar-refractivity contribution in [1.82, 2.24) is 0 Å². The lowest BCUT2D eigenvalue weighted by atomic mass is 9.51. The third kappa shape index (κ3) is 3.89. The van der Waals surface area contributed by atoms with Crippen molar-refractivity contribution in [2.24, 2.45) is 28.6 Å². The highest BCUT2D eigenvalue weighted by Crippen LogP contribution is 2.59. The molecule has 0 aromatic heterocycles. The minimum Gasteiger partial charge on any atom is -0.393 e. The molecule has 4 rings (SSSR count). The molecule has 1 aromatic rings. The maximum absolute atomic E-state index is 12.5. The molecule has 0 aliphatic heterocycles. The smallest absolute Gasteiger partial charge is 0.139 e. The number of benzene rings is 1. The van der Waals surface area contributed by atoms with E-state index in [-0.39, 0.29) is 28.8 Å². The van der Waals surface area contributed by atoms with Crippen LogP contribution in [-0.2, 0) is 4.79 Å². The number of carbonyl (C=O) groups is 1. The summed E-state index contributed by atoms with van der Waals surface area (Å²) in [5.41, 5.74) is 0.774. The van der Waals surface area contributed by atoms with Crippen molar-refractivity contribution in [3.8, 4) is 0 Å². The van der Waals surface area contributed by atoms with Crippen molar-refractivity contribution in [2.75, 3.05) is 0 Å². The number of hydrogen-bond donors (Lipinski definition) is 2. The van der Waals surface area contributed by atoms with Crippen LogP contribution in [-0.4, -0.2) is 28.2 Å². The summed E-state index contributed by atoms with van der Waals surface area (Å²) in [5, 5.41) is 22.5. The van der Waals surface area contributed by atoms with Crippen LogP contribution in [0.4, 0.5) is 0 Å². The largest absolute Gasteiger partial charge is 0.393 e. The van der Waals surface area contributed by atoms with Crippen molar-refractivity contribution in [1.29, 1.82) is 0 Å². The van der Waals surface area contributed by atoms with E-state index >= 15 is 0 Å². The number of aliphatic hydroxyl groups excluding tert-OH is 2. The number of allylic oxidation sites excluding steroid dienone is 1. The summed E-state index contributed by atoms with van der Waals surface area (Å²) >= 11 is 5.98. The van der Waals surface area contributed by atoms with Crippen LogP contribution < -0.4 is 0 Å². The Labute approximate surface area is 185 Å². The molecule has 0 spiro atoms. The molecule has 3 fully saturated rings. The second-order valence-corrected chi connectivity index (χ2v) is 10.9. The average Bonchev–Trinajstić information content (AvgIpc) is 3.02. The Kier molecular flexibility index (Phi) is 6.18. The highest BCUT2D eigenvalue weighted by Gasteiger charge is 2.58. The van der Waals surface area contributed by atoms with Crippen LogP contribution in [0.2, 0.25) is 5.02 Å². The molecule has 164 valence electrons. The SMILES string of the molecule is CC12CCC(C3(C)CCC(O)CC3C/C=C\c3ccc(Cl)cc3)[C@@H](O)C1CCC2=O. The minimum atomic E-state index is -0.418. The summed E-state index contributed by atoms with van der Waals surface area (Å²) in [4.78, 5) is 12.5. The van der Waals surface area contributed by atoms with Gasteiger partial charge in [0.2, 0.25) is 0 Å². The first-order valence-corrected chi connectivity index (χ1v) is 11.9. The summed E-state index contributed by atoms with van der Waals surface area (Å²) in [7, 11) is 0. The lowest BCUT2D eigenvalue weighted by Gasteiger charge is -2.54. The van der Waals surface area contributed by atoms with Crippen LogP contribution in [0.15, 0.2) is 30.3 Å². The molecule has 4 heteroatoms. The molecular weight excluding hydrogens is 396 g/mol. The molecule has 3 saturated carbocycles. The van der Waals surface area contributed by atoms with Gasteiger partial charge in [-0.3, -0.25) is 4.79 Å². The number of halogens is 1. The summed E-state index contributed by atoms with van der Waals surface area (Å²) in [5.74, 6) is 0.961. The van der Waals surface area contributed by atoms with Gasteiger partial charge in [0.25, 0.3) is 0 Å². The Bertz CT molecular complexity index is 803. The van der Waals surface area contributed by atoms with Gasteiger partial charge in [-0.15, -0.1) is 0 Å². The Morgan fingerprint density at radius 2 is 1.80 bits per heavy atom. The molecule has 2 N–H and O–H groups in total. The number of fused-ring (bicyclic) bond motifs is 1. The van der Waals surface area contributed by atoms with E-state index in [9.17, 15) is 15.0 Å². The van der Waals surface area contributed by atoms with E-state index in [0.29, 0.717) is 18.1 Å². The number of ketones is 1. The van der Waals surface area contributed by atoms with Crippen molar-refractivity contribution >= 4 is 23.5 Å². The lowest BCUT2D eigenvalue weighted by molar-refractivity contribution is -0.144. The number of aliphatic hydroxyl groups is 2. The number of Topliss-reactive ketones (excluding diaryl/α,β-unsaturated/α-hetero) is 1. The zero-order chi connectivity index (χ0) is 21.5. The van der Waals surface area contributed by atoms with Gasteiger partial charge in [0.05, 0.1) is 12.2 Å². The average molecular weight is 431 g/mol. The van der Waals surface area contributed by atoms with E-state index in [1.165, 1.54) is 0 Å². The third-order valence-electron chi connectivity index (χ3n) is 8.89. The van der Waals surface area contributed by atoms with Crippen LogP contribution in [0, 0.1) is 28.6 Å². The fraction of sp³-hybridized carbons (Fsp3) is 0.654. The molecule has 0 saturated heterocycles. The van der Waals surface area contributed by atoms with Gasteiger partial charge in [0.1, 0.15) is 5.78 Å². The molecule has 6 unspecified atom stereocenters. The second-order valence-electron chi connectivity index (χ2n) is 10.4. The predicted molar refractivity (Wildman–Crippen MR) is 121 cm³/mol. The predicted octanol–water partition coefficient (Wildman–Crippen LogP) is 5.67. The Balaban J connectivity index is 1.52. The molecule has 0 heterocycles. The van der Waals surface area contributed by atoms with Crippen LogP contribution >= 0.6 is 11.6 Å². The van der Waals surface area contributed by atoms with Crippen molar-refractivity contribution in [3.05, 3.63) is 40.9 Å². The molecule has 3 nitrogen and oxygen atoms in total. The van der Waals surface area contributed by atoms with Crippen LogP contribution in [0.1, 0.15) is 70.8 Å². The van der Waals surface area contributed by atoms with Gasteiger partial charge >= 0.3 is 0 Å². The zero-order valence-corrected chi connectivity index (χ0v) is 18.9. The van der Waals surface area contributed by atoms with Crippen LogP contribution in [0.3, 0.4) is 0 Å². The third-order valence-corrected chi connectivity index (χ3v) is 9.14. The first kappa shape index (κ1) is 22.0. The Morgan fingerprint density at radius 1 is 1.07 bits per heavy atom. The molecule has 1 aromatic carbocycles. The molecule has 3 aliphatic carbocycles. The number of hydrogen-bond acceptors (Lipinski definition) is 3. The minimum absolute atomic E-state index is 0.0179. The molecule has 30 heavy (non-hydrogen) atoms. The molecule has 0 radical (unpaired) electrons. The quantitative estimate of drug-likeness (QED) is 0.647. The fourth-order valence-electron chi connectivity index (χ4n) is 6.79. The van der Waals surface area contributed by atoms with Gasteiger partial charge in [-0.25, -0.2) is 0 Å². The zero-order valence-electron chi connectivity index (χ0n) is 18.2. The summed E-state index contributed by atoms with van der Waals surface area (Å²) in [6, 6.07) is 7.81. The molecular formula is C26H35ClO3. The maximum atomic E-state index is 12.5. The van der Waals surface area contributed by atoms with Crippen molar-refractivity contribution < 1.29 is 15.0 Å². The Morgan fingerprint density at radius 3 is 2.53 bits per heavy atom. The van der Waals surface area contributed by atoms with E-state index in [1.54, 1.807) is 0 Å². The van der Waals surface area contributed by atoms with Crippen LogP contribution in [0.5, 0.6) is 0 Å². The fourth-order valence-corrected chi connectivity index (χ4v) is 6.92. The second kappa shape index (κ2) is 8.41. The monoisotopic (exact) mass is 430 g/mol. The number of carbonyl (C=O) groups excluding carboxylic acids is 1. The van der Waals surface area contributed by atoms with E-state index in [0.717, 1.165) is 55.5 Å². The molecule has 7 atom stereocenters. The molecule has 0 bridgehead atoms. The first-order valence-electron chi connectivity index (χ1n) is 11.6. The van der Waals surface area contributed by atoms with Gasteiger partial charge in [-0.1, -0.05) is 49.7 Å². The number of rotatable bonds is 4. The van der Waals surface area contributed by atoms with Gasteiger partial charge in [-0.2, -0.15) is 0 Å². The van der Waals surface area contributed by atoms with E-state index in [4.69, 9.17) is 11.6 Å². The van der Waals surface area contributed by atoms with Crippen molar-refractivity contribution in [2.45, 2.75) is 77.4 Å². The van der Waals surface area contributed by atoms with Crippen molar-refractivity contribution in [3.63, 3.8) is 0 Å². The van der Waals surface area contributed by atoms with E-state index in [2.05, 4.69) is 26.0 Å². The lowest BCUT2D eigenvalue weighted by Crippen LogP contribution is -2.53. The van der Waals surface area contributed by atoms with E-state index in [1.807, 2.05) is 24.3 Å². The molecule has 0 amide bonds. The van der Waals surface area contributed by atoms with Gasteiger partial charge in [-0.05, 0) is 85.8 Å². The van der Waals surface area contributed by atoms with Gasteiger partial charge in [0.15, 0.2) is 0 Å². The van der Waals surface area contributed by atoms with Crippen LogP contribution in [0.25, 0.3) is 6.08 Å². The molecule has 3 aliphatic rings. The maximum Gasteiger partial charge on any atom is 0.139 e. The topological polar surface area (TPSA) is 57.5 Å².